The molecule has 0 aliphatic carbocycles. The molecule has 2 heterocycles. The highest BCUT2D eigenvalue weighted by Crippen LogP contribution is 2.19. The molecular weight excluding hydrogens is 367 g/mol. The molecule has 2 rings (SSSR count). The first-order valence-electron chi connectivity index (χ1n) is 6.82. The summed E-state index contributed by atoms with van der Waals surface area (Å²) < 4.78 is 2.89. The summed E-state index contributed by atoms with van der Waals surface area (Å²) in [6.45, 7) is 9.58. The van der Waals surface area contributed by atoms with Crippen molar-refractivity contribution in [1.82, 2.24) is 24.9 Å². The standard InChI is InChI=1S/C13H21IN6/c1-4-15-8-13(2,3)5-6-16-12-17-7-10(14)11-19-18-9-20(11)12/h7,9,15H,4-6,8H2,1-3H3,(H,16,17). The molecule has 110 valence electrons. The average molecular weight is 388 g/mol. The van der Waals surface area contributed by atoms with Crippen LogP contribution < -0.4 is 10.6 Å². The van der Waals surface area contributed by atoms with Crippen molar-refractivity contribution in [2.45, 2.75) is 27.2 Å². The van der Waals surface area contributed by atoms with Gasteiger partial charge in [0.05, 0.1) is 3.57 Å². The molecule has 0 atom stereocenters. The zero-order valence-corrected chi connectivity index (χ0v) is 14.3. The van der Waals surface area contributed by atoms with Crippen molar-refractivity contribution in [2.75, 3.05) is 25.0 Å². The van der Waals surface area contributed by atoms with Crippen LogP contribution in [0.5, 0.6) is 0 Å². The van der Waals surface area contributed by atoms with E-state index < -0.39 is 0 Å². The third kappa shape index (κ3) is 3.78. The quantitative estimate of drug-likeness (QED) is 0.712. The molecule has 2 N–H and O–H groups in total. The first-order chi connectivity index (χ1) is 9.53. The van der Waals surface area contributed by atoms with E-state index in [-0.39, 0.29) is 5.41 Å². The Kier molecular flexibility index (Phi) is 5.14. The maximum atomic E-state index is 4.41. The predicted molar refractivity (Wildman–Crippen MR) is 88.9 cm³/mol. The lowest BCUT2D eigenvalue weighted by Gasteiger charge is -2.25. The van der Waals surface area contributed by atoms with Gasteiger partial charge in [0.15, 0.2) is 5.65 Å². The van der Waals surface area contributed by atoms with Crippen molar-refractivity contribution < 1.29 is 0 Å². The van der Waals surface area contributed by atoms with Gasteiger partial charge in [-0.3, -0.25) is 4.40 Å². The molecular formula is C13H21IN6. The number of hydrogen-bond donors (Lipinski definition) is 2. The summed E-state index contributed by atoms with van der Waals surface area (Å²) in [5.41, 5.74) is 1.11. The zero-order valence-electron chi connectivity index (χ0n) is 12.1. The van der Waals surface area contributed by atoms with E-state index in [9.17, 15) is 0 Å². The second-order valence-electron chi connectivity index (χ2n) is 5.58. The minimum Gasteiger partial charge on any atom is -0.355 e. The Balaban J connectivity index is 1.96. The molecule has 2 aromatic heterocycles. The molecule has 0 fully saturated rings. The van der Waals surface area contributed by atoms with Gasteiger partial charge in [0, 0.05) is 19.3 Å². The number of nitrogens with one attached hydrogen (secondary N) is 2. The molecule has 0 radical (unpaired) electrons. The lowest BCUT2D eigenvalue weighted by atomic mass is 9.89. The van der Waals surface area contributed by atoms with E-state index in [0.29, 0.717) is 0 Å². The fourth-order valence-electron chi connectivity index (χ4n) is 1.99. The highest BCUT2D eigenvalue weighted by molar-refractivity contribution is 14.1. The van der Waals surface area contributed by atoms with Crippen LogP contribution >= 0.6 is 22.6 Å². The molecule has 0 aromatic carbocycles. The van der Waals surface area contributed by atoms with Gasteiger partial charge in [-0.15, -0.1) is 10.2 Å². The maximum Gasteiger partial charge on any atom is 0.210 e. The van der Waals surface area contributed by atoms with Crippen LogP contribution in [0.1, 0.15) is 27.2 Å². The highest BCUT2D eigenvalue weighted by atomic mass is 127. The molecule has 20 heavy (non-hydrogen) atoms. The van der Waals surface area contributed by atoms with Crippen molar-refractivity contribution in [1.29, 1.82) is 0 Å². The SMILES string of the molecule is CCNCC(C)(C)CCNc1ncc(I)c2nncn12. The van der Waals surface area contributed by atoms with Crippen molar-refractivity contribution in [3.8, 4) is 0 Å². The van der Waals surface area contributed by atoms with E-state index in [1.165, 1.54) is 0 Å². The minimum atomic E-state index is 0.262. The Labute approximate surface area is 132 Å². The van der Waals surface area contributed by atoms with E-state index in [2.05, 4.69) is 69.2 Å². The van der Waals surface area contributed by atoms with Crippen LogP contribution in [0.15, 0.2) is 12.5 Å². The van der Waals surface area contributed by atoms with Crippen LogP contribution in [-0.4, -0.2) is 39.2 Å². The van der Waals surface area contributed by atoms with Crippen molar-refractivity contribution in [3.05, 3.63) is 16.1 Å². The predicted octanol–water partition coefficient (Wildman–Crippen LogP) is 2.17. The number of rotatable bonds is 7. The zero-order chi connectivity index (χ0) is 14.6. The molecule has 2 aromatic rings. The second-order valence-corrected chi connectivity index (χ2v) is 6.74. The molecule has 0 spiro atoms. The number of hydrogen-bond acceptors (Lipinski definition) is 5. The second kappa shape index (κ2) is 6.66. The summed E-state index contributed by atoms with van der Waals surface area (Å²) in [5, 5.41) is 14.8. The Morgan fingerprint density at radius 3 is 2.95 bits per heavy atom. The molecule has 0 saturated heterocycles. The smallest absolute Gasteiger partial charge is 0.210 e. The van der Waals surface area contributed by atoms with Crippen LogP contribution in [0.2, 0.25) is 0 Å². The lowest BCUT2D eigenvalue weighted by molar-refractivity contribution is 0.326. The van der Waals surface area contributed by atoms with Gasteiger partial charge in [0.2, 0.25) is 5.95 Å². The molecule has 0 unspecified atom stereocenters. The summed E-state index contributed by atoms with van der Waals surface area (Å²) in [6, 6.07) is 0. The van der Waals surface area contributed by atoms with Gasteiger partial charge in [-0.25, -0.2) is 4.98 Å². The fourth-order valence-corrected chi connectivity index (χ4v) is 2.49. The van der Waals surface area contributed by atoms with Crippen LogP contribution in [0.25, 0.3) is 5.65 Å². The number of halogens is 1. The van der Waals surface area contributed by atoms with Gasteiger partial charge >= 0.3 is 0 Å². The summed E-state index contributed by atoms with van der Waals surface area (Å²) in [7, 11) is 0. The minimum absolute atomic E-state index is 0.262. The van der Waals surface area contributed by atoms with Crippen molar-refractivity contribution in [2.24, 2.45) is 5.41 Å². The number of fused-ring (bicyclic) bond motifs is 1. The molecule has 0 aliphatic rings. The van der Waals surface area contributed by atoms with E-state index in [0.717, 1.165) is 41.2 Å². The van der Waals surface area contributed by atoms with E-state index >= 15 is 0 Å². The molecule has 7 heteroatoms. The summed E-state index contributed by atoms with van der Waals surface area (Å²) in [5.74, 6) is 0.796. The van der Waals surface area contributed by atoms with Crippen LogP contribution in [0.3, 0.4) is 0 Å². The first kappa shape index (κ1) is 15.4. The van der Waals surface area contributed by atoms with E-state index in [4.69, 9.17) is 0 Å². The largest absolute Gasteiger partial charge is 0.355 e. The molecule has 0 aliphatic heterocycles. The number of anilines is 1. The van der Waals surface area contributed by atoms with Crippen LogP contribution in [0, 0.1) is 8.99 Å². The Hall–Kier alpha value is -0.960. The Morgan fingerprint density at radius 2 is 2.20 bits per heavy atom. The third-order valence-corrected chi connectivity index (χ3v) is 3.99. The molecule has 0 bridgehead atoms. The molecule has 6 nitrogen and oxygen atoms in total. The topological polar surface area (TPSA) is 67.1 Å². The van der Waals surface area contributed by atoms with Gasteiger partial charge in [-0.2, -0.15) is 0 Å². The van der Waals surface area contributed by atoms with E-state index in [1.54, 1.807) is 6.33 Å². The van der Waals surface area contributed by atoms with Crippen molar-refractivity contribution >= 4 is 34.2 Å². The number of nitrogens with zero attached hydrogens (tertiary/aromatic N) is 4. The van der Waals surface area contributed by atoms with Crippen molar-refractivity contribution in [3.63, 3.8) is 0 Å². The van der Waals surface area contributed by atoms with Gasteiger partial charge in [-0.05, 0) is 41.0 Å². The monoisotopic (exact) mass is 388 g/mol. The molecule has 0 saturated carbocycles. The van der Waals surface area contributed by atoms with Gasteiger partial charge in [0.1, 0.15) is 6.33 Å². The fraction of sp³-hybridized carbons (Fsp3) is 0.615. The summed E-state index contributed by atoms with van der Waals surface area (Å²) >= 11 is 2.22. The van der Waals surface area contributed by atoms with Gasteiger partial charge < -0.3 is 10.6 Å². The molecule has 0 amide bonds. The average Bonchev–Trinajstić information content (AvgIpc) is 2.89. The van der Waals surface area contributed by atoms with Crippen LogP contribution in [0.4, 0.5) is 5.95 Å². The normalized spacial score (nSPS) is 12.0. The highest BCUT2D eigenvalue weighted by Gasteiger charge is 2.17. The van der Waals surface area contributed by atoms with Crippen LogP contribution in [-0.2, 0) is 0 Å². The summed E-state index contributed by atoms with van der Waals surface area (Å²) in [4.78, 5) is 4.41. The van der Waals surface area contributed by atoms with Gasteiger partial charge in [0.25, 0.3) is 0 Å². The first-order valence-corrected chi connectivity index (χ1v) is 7.90. The number of aromatic nitrogens is 4. The Morgan fingerprint density at radius 1 is 1.40 bits per heavy atom. The Bertz CT molecular complexity index is 565. The van der Waals surface area contributed by atoms with Gasteiger partial charge in [-0.1, -0.05) is 20.8 Å². The summed E-state index contributed by atoms with van der Waals surface area (Å²) in [6.07, 6.45) is 4.57. The van der Waals surface area contributed by atoms with E-state index in [1.807, 2.05) is 10.6 Å². The third-order valence-electron chi connectivity index (χ3n) is 3.23. The maximum absolute atomic E-state index is 4.41. The lowest BCUT2D eigenvalue weighted by Crippen LogP contribution is -2.31.